The summed E-state index contributed by atoms with van der Waals surface area (Å²) in [7, 11) is 0. The number of fused-ring (bicyclic) bond motifs is 1. The molecule has 2 aromatic carbocycles. The van der Waals surface area contributed by atoms with Crippen molar-refractivity contribution < 1.29 is 19.1 Å². The molecule has 1 saturated carbocycles. The van der Waals surface area contributed by atoms with Crippen molar-refractivity contribution in [1.82, 2.24) is 9.80 Å². The predicted octanol–water partition coefficient (Wildman–Crippen LogP) is 4.64. The number of para-hydroxylation sites is 1. The summed E-state index contributed by atoms with van der Waals surface area (Å²) in [5.41, 5.74) is 1.16. The van der Waals surface area contributed by atoms with Crippen LogP contribution in [0, 0.1) is 0 Å². The van der Waals surface area contributed by atoms with Gasteiger partial charge in [0.25, 0.3) is 5.91 Å². The van der Waals surface area contributed by atoms with Crippen LogP contribution in [0.3, 0.4) is 0 Å². The largest absolute Gasteiger partial charge is 0.484 e. The summed E-state index contributed by atoms with van der Waals surface area (Å²) in [4.78, 5) is 29.9. The van der Waals surface area contributed by atoms with Gasteiger partial charge in [-0.05, 0) is 30.5 Å². The minimum atomic E-state index is -0.471. The summed E-state index contributed by atoms with van der Waals surface area (Å²) in [6, 6.07) is 17.6. The van der Waals surface area contributed by atoms with Gasteiger partial charge in [-0.2, -0.15) is 0 Å². The van der Waals surface area contributed by atoms with E-state index in [1.165, 1.54) is 12.8 Å². The number of carbonyl (C=O) groups is 2. The lowest BCUT2D eigenvalue weighted by molar-refractivity contribution is -0.0216. The molecule has 1 spiro atoms. The van der Waals surface area contributed by atoms with Gasteiger partial charge in [0.05, 0.1) is 12.1 Å². The molecule has 32 heavy (non-hydrogen) atoms. The highest BCUT2D eigenvalue weighted by Gasteiger charge is 2.45. The van der Waals surface area contributed by atoms with Crippen molar-refractivity contribution >= 4 is 12.0 Å². The van der Waals surface area contributed by atoms with E-state index in [1.807, 2.05) is 54.6 Å². The predicted molar refractivity (Wildman–Crippen MR) is 121 cm³/mol. The van der Waals surface area contributed by atoms with Crippen molar-refractivity contribution in [2.24, 2.45) is 0 Å². The molecule has 0 bridgehead atoms. The Bertz CT molecular complexity index is 963. The van der Waals surface area contributed by atoms with E-state index in [4.69, 9.17) is 9.47 Å². The number of ether oxygens (including phenoxy) is 2. The molecule has 168 valence electrons. The molecule has 0 aromatic heterocycles. The van der Waals surface area contributed by atoms with Gasteiger partial charge in [-0.3, -0.25) is 4.79 Å². The lowest BCUT2D eigenvalue weighted by Gasteiger charge is -2.43. The molecule has 2 fully saturated rings. The molecule has 5 rings (SSSR count). The molecule has 0 N–H and O–H groups in total. The molecule has 1 saturated heterocycles. The number of nitrogens with zero attached hydrogens (tertiary/aromatic N) is 2. The second-order valence-electron chi connectivity index (χ2n) is 9.18. The van der Waals surface area contributed by atoms with Crippen LogP contribution in [0.5, 0.6) is 5.75 Å². The zero-order valence-electron chi connectivity index (χ0n) is 18.4. The van der Waals surface area contributed by atoms with E-state index < -0.39 is 5.60 Å². The van der Waals surface area contributed by atoms with Gasteiger partial charge in [-0.1, -0.05) is 55.3 Å². The minimum absolute atomic E-state index is 0.0778. The smallest absolute Gasteiger partial charge is 0.410 e. The monoisotopic (exact) mass is 434 g/mol. The van der Waals surface area contributed by atoms with Crippen molar-refractivity contribution in [1.29, 1.82) is 0 Å². The summed E-state index contributed by atoms with van der Waals surface area (Å²) < 4.78 is 12.1. The van der Waals surface area contributed by atoms with E-state index in [-0.39, 0.29) is 24.6 Å². The number of rotatable bonds is 3. The number of likely N-dealkylation sites (tertiary alicyclic amines) is 1. The van der Waals surface area contributed by atoms with Gasteiger partial charge in [0.2, 0.25) is 0 Å². The van der Waals surface area contributed by atoms with Gasteiger partial charge in [0.15, 0.2) is 0 Å². The van der Waals surface area contributed by atoms with Crippen LogP contribution in [0.2, 0.25) is 0 Å². The van der Waals surface area contributed by atoms with Crippen LogP contribution < -0.4 is 4.74 Å². The lowest BCUT2D eigenvalue weighted by Crippen LogP contribution is -2.56. The molecule has 1 aliphatic carbocycles. The van der Waals surface area contributed by atoms with E-state index in [1.54, 1.807) is 4.90 Å². The van der Waals surface area contributed by atoms with Crippen LogP contribution in [0.15, 0.2) is 54.6 Å². The summed E-state index contributed by atoms with van der Waals surface area (Å²) >= 11 is 0. The first-order valence-corrected chi connectivity index (χ1v) is 11.7. The Morgan fingerprint density at radius 1 is 1.00 bits per heavy atom. The van der Waals surface area contributed by atoms with Crippen LogP contribution in [0.4, 0.5) is 4.79 Å². The first-order valence-electron chi connectivity index (χ1n) is 11.7. The third-order valence-electron chi connectivity index (χ3n) is 7.07. The van der Waals surface area contributed by atoms with Crippen molar-refractivity contribution in [3.05, 3.63) is 65.7 Å². The maximum atomic E-state index is 13.4. The summed E-state index contributed by atoms with van der Waals surface area (Å²) in [5, 5.41) is 0. The molecule has 6 nitrogen and oxygen atoms in total. The van der Waals surface area contributed by atoms with Crippen molar-refractivity contribution in [3.8, 4) is 5.75 Å². The number of carbonyl (C=O) groups excluding carboxylic acids is 2. The third-order valence-corrected chi connectivity index (χ3v) is 7.07. The highest BCUT2D eigenvalue weighted by molar-refractivity contribution is 5.97. The maximum absolute atomic E-state index is 13.4. The van der Waals surface area contributed by atoms with Gasteiger partial charge >= 0.3 is 6.09 Å². The minimum Gasteiger partial charge on any atom is -0.484 e. The molecule has 2 aromatic rings. The highest BCUT2D eigenvalue weighted by atomic mass is 16.6. The van der Waals surface area contributed by atoms with Gasteiger partial charge in [-0.25, -0.2) is 4.79 Å². The third kappa shape index (κ3) is 4.18. The highest BCUT2D eigenvalue weighted by Crippen LogP contribution is 2.38. The van der Waals surface area contributed by atoms with E-state index >= 15 is 0 Å². The number of benzene rings is 2. The van der Waals surface area contributed by atoms with Gasteiger partial charge < -0.3 is 19.3 Å². The zero-order valence-corrected chi connectivity index (χ0v) is 18.4. The fourth-order valence-electron chi connectivity index (χ4n) is 5.21. The Morgan fingerprint density at radius 3 is 2.44 bits per heavy atom. The molecular weight excluding hydrogens is 404 g/mol. The van der Waals surface area contributed by atoms with E-state index in [0.29, 0.717) is 43.8 Å². The number of piperidine rings is 1. The SMILES string of the molecule is O=C(OCc1ccccc1)N1CCC2(CC1)CN(C1CCCC1)C(=O)c1ccccc1O2. The second kappa shape index (κ2) is 8.85. The van der Waals surface area contributed by atoms with Gasteiger partial charge in [-0.15, -0.1) is 0 Å². The molecule has 0 radical (unpaired) electrons. The molecule has 2 heterocycles. The number of amides is 2. The zero-order chi connectivity index (χ0) is 22.0. The maximum Gasteiger partial charge on any atom is 0.410 e. The molecule has 0 unspecified atom stereocenters. The van der Waals surface area contributed by atoms with Crippen molar-refractivity contribution in [2.75, 3.05) is 19.6 Å². The average molecular weight is 435 g/mol. The Balaban J connectivity index is 1.29. The van der Waals surface area contributed by atoms with Crippen molar-refractivity contribution in [2.45, 2.75) is 56.8 Å². The quantitative estimate of drug-likeness (QED) is 0.706. The standard InChI is InChI=1S/C26H30N2O4/c29-24-22-12-6-7-13-23(22)32-26(19-28(24)21-10-4-5-11-21)14-16-27(17-15-26)25(30)31-18-20-8-2-1-3-9-20/h1-3,6-9,12-13,21H,4-5,10-11,14-19H2. The van der Waals surface area contributed by atoms with Crippen LogP contribution in [-0.4, -0.2) is 53.1 Å². The van der Waals surface area contributed by atoms with Crippen LogP contribution in [0.25, 0.3) is 0 Å². The van der Waals surface area contributed by atoms with Crippen molar-refractivity contribution in [3.63, 3.8) is 0 Å². The fourth-order valence-corrected chi connectivity index (χ4v) is 5.21. The lowest BCUT2D eigenvalue weighted by atomic mass is 9.90. The molecule has 2 amide bonds. The fraction of sp³-hybridized carbons (Fsp3) is 0.462. The second-order valence-corrected chi connectivity index (χ2v) is 9.18. The average Bonchev–Trinajstić information content (AvgIpc) is 3.33. The normalized spacial score (nSPS) is 20.6. The number of hydrogen-bond acceptors (Lipinski definition) is 4. The summed E-state index contributed by atoms with van der Waals surface area (Å²) in [6.07, 6.45) is 5.53. The first-order chi connectivity index (χ1) is 15.6. The molecule has 6 heteroatoms. The Morgan fingerprint density at radius 2 is 1.69 bits per heavy atom. The van der Waals surface area contributed by atoms with Gasteiger partial charge in [0.1, 0.15) is 18.0 Å². The molecule has 3 aliphatic rings. The number of hydrogen-bond donors (Lipinski definition) is 0. The van der Waals surface area contributed by atoms with Crippen LogP contribution in [0.1, 0.15) is 54.4 Å². The topological polar surface area (TPSA) is 59.1 Å². The van der Waals surface area contributed by atoms with Crippen LogP contribution >= 0.6 is 0 Å². The van der Waals surface area contributed by atoms with E-state index in [0.717, 1.165) is 18.4 Å². The van der Waals surface area contributed by atoms with E-state index in [2.05, 4.69) is 4.90 Å². The van der Waals surface area contributed by atoms with Crippen LogP contribution in [-0.2, 0) is 11.3 Å². The first kappa shape index (κ1) is 20.9. The Kier molecular flexibility index (Phi) is 5.77. The molecule has 0 atom stereocenters. The van der Waals surface area contributed by atoms with E-state index in [9.17, 15) is 9.59 Å². The van der Waals surface area contributed by atoms with Gasteiger partial charge in [0, 0.05) is 32.0 Å². The Hall–Kier alpha value is -3.02. The molecule has 2 aliphatic heterocycles. The summed E-state index contributed by atoms with van der Waals surface area (Å²) in [5.74, 6) is 0.743. The Labute approximate surface area is 189 Å². The molecular formula is C26H30N2O4. The summed E-state index contributed by atoms with van der Waals surface area (Å²) in [6.45, 7) is 1.97.